The first kappa shape index (κ1) is 12.3. The lowest BCUT2D eigenvalue weighted by atomic mass is 10.3. The fraction of sp³-hybridized carbons (Fsp3) is 0.200. The Balaban J connectivity index is 2.51. The van der Waals surface area contributed by atoms with Gasteiger partial charge in [-0.1, -0.05) is 6.08 Å². The van der Waals surface area contributed by atoms with Crippen LogP contribution in [0, 0.1) is 0 Å². The summed E-state index contributed by atoms with van der Waals surface area (Å²) in [4.78, 5) is 7.88. The number of nitrogens with zero attached hydrogens (tertiary/aromatic N) is 3. The van der Waals surface area contributed by atoms with Crippen molar-refractivity contribution in [3.8, 4) is 0 Å². The smallest absolute Gasteiger partial charge is 0.187 e. The third kappa shape index (κ3) is 4.14. The molecule has 0 bridgehead atoms. The largest absolute Gasteiger partial charge is 0.358 e. The van der Waals surface area contributed by atoms with Crippen LogP contribution in [0.4, 0.5) is 0 Å². The van der Waals surface area contributed by atoms with Gasteiger partial charge in [0, 0.05) is 12.7 Å². The topological polar surface area (TPSA) is 62.2 Å². The summed E-state index contributed by atoms with van der Waals surface area (Å²) in [6.07, 6.45) is 4.85. The van der Waals surface area contributed by atoms with E-state index in [4.69, 9.17) is 12.2 Å². The second-order valence-electron chi connectivity index (χ2n) is 2.90. The van der Waals surface area contributed by atoms with Crippen molar-refractivity contribution in [1.29, 1.82) is 0 Å². The van der Waals surface area contributed by atoms with Crippen LogP contribution >= 0.6 is 12.2 Å². The molecular formula is C10H13N5S. The molecule has 0 saturated carbocycles. The molecule has 84 valence electrons. The fourth-order valence-corrected chi connectivity index (χ4v) is 1.03. The molecule has 0 atom stereocenters. The summed E-state index contributed by atoms with van der Waals surface area (Å²) in [5.74, 6) is 0. The lowest BCUT2D eigenvalue weighted by molar-refractivity contribution is 0.934. The van der Waals surface area contributed by atoms with Crippen LogP contribution in [0.2, 0.25) is 0 Å². The Morgan fingerprint density at radius 1 is 1.69 bits per heavy atom. The van der Waals surface area contributed by atoms with Crippen LogP contribution in [0.25, 0.3) is 0 Å². The van der Waals surface area contributed by atoms with Crippen molar-refractivity contribution in [2.75, 3.05) is 6.54 Å². The maximum absolute atomic E-state index is 4.98. The Kier molecular flexibility index (Phi) is 5.07. The molecule has 1 aromatic rings. The second-order valence-corrected chi connectivity index (χ2v) is 3.31. The van der Waals surface area contributed by atoms with Crippen LogP contribution in [0.15, 0.2) is 36.3 Å². The fourth-order valence-electron chi connectivity index (χ4n) is 0.901. The molecule has 16 heavy (non-hydrogen) atoms. The van der Waals surface area contributed by atoms with Gasteiger partial charge >= 0.3 is 0 Å². The minimum atomic E-state index is 0.452. The second kappa shape index (κ2) is 6.62. The monoisotopic (exact) mass is 235 g/mol. The number of rotatable bonds is 4. The lowest BCUT2D eigenvalue weighted by Crippen LogP contribution is -2.32. The molecule has 0 aromatic carbocycles. The van der Waals surface area contributed by atoms with E-state index in [2.05, 4.69) is 32.4 Å². The summed E-state index contributed by atoms with van der Waals surface area (Å²) in [6.45, 7) is 6.02. The standard InChI is InChI=1S/C10H13N5S/c1-3-5-12-10(16)15-14-8(2)9-4-6-11-7-13-9/h3-4,6-7H,1,5H2,2H3,(H2,12,15,16)/b14-8+. The molecule has 1 aromatic heterocycles. The van der Waals surface area contributed by atoms with Gasteiger partial charge in [0.15, 0.2) is 5.11 Å². The van der Waals surface area contributed by atoms with Crippen molar-refractivity contribution in [1.82, 2.24) is 20.7 Å². The van der Waals surface area contributed by atoms with Crippen molar-refractivity contribution in [3.05, 3.63) is 36.9 Å². The highest BCUT2D eigenvalue weighted by Crippen LogP contribution is 1.92. The molecule has 0 spiro atoms. The normalized spacial score (nSPS) is 10.7. The summed E-state index contributed by atoms with van der Waals surface area (Å²) < 4.78 is 0. The van der Waals surface area contributed by atoms with Crippen LogP contribution in [-0.4, -0.2) is 27.3 Å². The van der Waals surface area contributed by atoms with Crippen molar-refractivity contribution in [2.45, 2.75) is 6.92 Å². The highest BCUT2D eigenvalue weighted by Gasteiger charge is 1.97. The van der Waals surface area contributed by atoms with Gasteiger partial charge in [0.25, 0.3) is 0 Å². The van der Waals surface area contributed by atoms with Crippen LogP contribution in [0.1, 0.15) is 12.6 Å². The summed E-state index contributed by atoms with van der Waals surface area (Å²) >= 11 is 4.98. The molecule has 6 heteroatoms. The van der Waals surface area contributed by atoms with Crippen molar-refractivity contribution in [3.63, 3.8) is 0 Å². The number of hydrogen-bond donors (Lipinski definition) is 2. The van der Waals surface area contributed by atoms with E-state index in [-0.39, 0.29) is 0 Å². The van der Waals surface area contributed by atoms with Gasteiger partial charge in [-0.05, 0) is 25.2 Å². The number of thiocarbonyl (C=S) groups is 1. The first-order chi connectivity index (χ1) is 7.74. The third-order valence-electron chi connectivity index (χ3n) is 1.68. The Bertz CT molecular complexity index is 387. The maximum atomic E-state index is 4.98. The predicted molar refractivity (Wildman–Crippen MR) is 68.2 cm³/mol. The summed E-state index contributed by atoms with van der Waals surface area (Å²) in [5.41, 5.74) is 4.22. The van der Waals surface area contributed by atoms with Crippen LogP contribution in [0.3, 0.4) is 0 Å². The van der Waals surface area contributed by atoms with Gasteiger partial charge in [0.05, 0.1) is 11.4 Å². The molecule has 2 N–H and O–H groups in total. The molecule has 0 aliphatic carbocycles. The molecule has 5 nitrogen and oxygen atoms in total. The van der Waals surface area contributed by atoms with Crippen LogP contribution in [-0.2, 0) is 0 Å². The van der Waals surface area contributed by atoms with E-state index in [1.54, 1.807) is 18.3 Å². The van der Waals surface area contributed by atoms with Gasteiger partial charge < -0.3 is 5.32 Å². The molecule has 0 saturated heterocycles. The number of hydrazone groups is 1. The lowest BCUT2D eigenvalue weighted by Gasteiger charge is -2.05. The van der Waals surface area contributed by atoms with E-state index in [0.717, 1.165) is 11.4 Å². The maximum Gasteiger partial charge on any atom is 0.187 e. The Morgan fingerprint density at radius 2 is 2.50 bits per heavy atom. The third-order valence-corrected chi connectivity index (χ3v) is 1.92. The zero-order valence-corrected chi connectivity index (χ0v) is 9.79. The molecule has 0 amide bonds. The minimum Gasteiger partial charge on any atom is -0.358 e. The first-order valence-electron chi connectivity index (χ1n) is 4.69. The van der Waals surface area contributed by atoms with Gasteiger partial charge in [-0.2, -0.15) is 5.10 Å². The molecule has 1 rings (SSSR count). The zero-order chi connectivity index (χ0) is 11.8. The van der Waals surface area contributed by atoms with Crippen molar-refractivity contribution >= 4 is 23.0 Å². The Hall–Kier alpha value is -1.82. The van der Waals surface area contributed by atoms with E-state index in [0.29, 0.717) is 11.7 Å². The number of aromatic nitrogens is 2. The zero-order valence-electron chi connectivity index (χ0n) is 8.97. The van der Waals surface area contributed by atoms with E-state index >= 15 is 0 Å². The Labute approximate surface area is 99.7 Å². The molecular weight excluding hydrogens is 222 g/mol. The highest BCUT2D eigenvalue weighted by atomic mass is 32.1. The highest BCUT2D eigenvalue weighted by molar-refractivity contribution is 7.80. The summed E-state index contributed by atoms with van der Waals surface area (Å²) in [7, 11) is 0. The first-order valence-corrected chi connectivity index (χ1v) is 5.10. The minimum absolute atomic E-state index is 0.452. The van der Waals surface area contributed by atoms with Gasteiger partial charge in [0.1, 0.15) is 6.33 Å². The Morgan fingerprint density at radius 3 is 3.12 bits per heavy atom. The van der Waals surface area contributed by atoms with Gasteiger partial charge in [-0.15, -0.1) is 6.58 Å². The van der Waals surface area contributed by atoms with Crippen LogP contribution in [0.5, 0.6) is 0 Å². The average molecular weight is 235 g/mol. The molecule has 0 aliphatic heterocycles. The molecule has 0 fully saturated rings. The van der Waals surface area contributed by atoms with Gasteiger partial charge in [-0.25, -0.2) is 9.97 Å². The van der Waals surface area contributed by atoms with E-state index < -0.39 is 0 Å². The van der Waals surface area contributed by atoms with E-state index in [9.17, 15) is 0 Å². The van der Waals surface area contributed by atoms with E-state index in [1.807, 2.05) is 6.92 Å². The van der Waals surface area contributed by atoms with Gasteiger partial charge in [-0.3, -0.25) is 5.43 Å². The van der Waals surface area contributed by atoms with Crippen molar-refractivity contribution in [2.24, 2.45) is 5.10 Å². The molecule has 0 aliphatic rings. The molecule has 1 heterocycles. The van der Waals surface area contributed by atoms with Crippen LogP contribution < -0.4 is 10.7 Å². The van der Waals surface area contributed by atoms with E-state index in [1.165, 1.54) is 6.33 Å². The summed E-state index contributed by atoms with van der Waals surface area (Å²) in [6, 6.07) is 1.78. The number of nitrogens with one attached hydrogen (secondary N) is 2. The summed E-state index contributed by atoms with van der Waals surface area (Å²) in [5, 5.41) is 7.44. The number of hydrogen-bond acceptors (Lipinski definition) is 4. The average Bonchev–Trinajstić information content (AvgIpc) is 2.34. The van der Waals surface area contributed by atoms with Crippen molar-refractivity contribution < 1.29 is 0 Å². The van der Waals surface area contributed by atoms with Gasteiger partial charge in [0.2, 0.25) is 0 Å². The molecule has 0 unspecified atom stereocenters. The quantitative estimate of drug-likeness (QED) is 0.351. The SMILES string of the molecule is C=CCNC(=S)N/N=C(\C)c1ccncn1. The molecule has 0 radical (unpaired) electrons. The predicted octanol–water partition coefficient (Wildman–Crippen LogP) is 0.851.